The predicted octanol–water partition coefficient (Wildman–Crippen LogP) is 4.24. The summed E-state index contributed by atoms with van der Waals surface area (Å²) in [5, 5.41) is 11.7. The molecule has 0 amide bonds. The van der Waals surface area contributed by atoms with Gasteiger partial charge >= 0.3 is 5.97 Å². The molecule has 172 valence electrons. The van der Waals surface area contributed by atoms with Gasteiger partial charge in [0, 0.05) is 31.2 Å². The van der Waals surface area contributed by atoms with E-state index >= 15 is 0 Å². The first kappa shape index (κ1) is 22.9. The van der Waals surface area contributed by atoms with E-state index in [0.717, 1.165) is 75.5 Å². The van der Waals surface area contributed by atoms with Gasteiger partial charge in [0.1, 0.15) is 6.54 Å². The van der Waals surface area contributed by atoms with Gasteiger partial charge in [-0.25, -0.2) is 4.79 Å². The molecule has 1 saturated carbocycles. The van der Waals surface area contributed by atoms with E-state index in [0.29, 0.717) is 5.56 Å². The van der Waals surface area contributed by atoms with Crippen LogP contribution in [-0.4, -0.2) is 53.3 Å². The van der Waals surface area contributed by atoms with Gasteiger partial charge in [-0.3, -0.25) is 4.98 Å². The summed E-state index contributed by atoms with van der Waals surface area (Å²) in [5.41, 5.74) is 0.392. The average molecular weight is 438 g/mol. The largest absolute Gasteiger partial charge is 0.454 e. The number of aromatic nitrogens is 1. The number of esters is 1. The van der Waals surface area contributed by atoms with Crippen LogP contribution in [0.3, 0.4) is 0 Å². The van der Waals surface area contributed by atoms with E-state index in [1.165, 1.54) is 5.56 Å². The number of likely N-dealkylation sites (N-methyl/N-ethyl adjacent to an activating group) is 1. The van der Waals surface area contributed by atoms with Crippen molar-refractivity contribution in [1.82, 2.24) is 4.98 Å². The van der Waals surface area contributed by atoms with Gasteiger partial charge in [-0.2, -0.15) is 0 Å². The summed E-state index contributed by atoms with van der Waals surface area (Å²) in [6, 6.07) is 13.5. The molecule has 1 aliphatic carbocycles. The normalized spacial score (nSPS) is 25.9. The van der Waals surface area contributed by atoms with Gasteiger partial charge in [0.15, 0.2) is 11.7 Å². The number of rotatable bonds is 8. The van der Waals surface area contributed by atoms with Crippen molar-refractivity contribution in [1.29, 1.82) is 0 Å². The van der Waals surface area contributed by atoms with Crippen LogP contribution in [0.25, 0.3) is 0 Å². The summed E-state index contributed by atoms with van der Waals surface area (Å²) in [6.45, 7) is 2.97. The molecule has 2 heterocycles. The molecule has 1 N–H and O–H groups in total. The van der Waals surface area contributed by atoms with Crippen LogP contribution in [0.1, 0.15) is 56.1 Å². The summed E-state index contributed by atoms with van der Waals surface area (Å²) in [5.74, 6) is -0.522. The summed E-state index contributed by atoms with van der Waals surface area (Å²) in [7, 11) is 2.27. The lowest BCUT2D eigenvalue weighted by molar-refractivity contribution is -0.917. The van der Waals surface area contributed by atoms with Crippen molar-refractivity contribution < 1.29 is 19.1 Å². The van der Waals surface area contributed by atoms with Gasteiger partial charge in [0.2, 0.25) is 0 Å². The third-order valence-corrected chi connectivity index (χ3v) is 7.50. The monoisotopic (exact) mass is 437 g/mol. The number of nitrogens with zero attached hydrogens (tertiary/aromatic N) is 2. The molecule has 0 bridgehead atoms. The van der Waals surface area contributed by atoms with E-state index in [2.05, 4.69) is 18.1 Å². The van der Waals surface area contributed by atoms with Crippen molar-refractivity contribution in [2.45, 2.75) is 63.1 Å². The molecule has 32 heavy (non-hydrogen) atoms. The van der Waals surface area contributed by atoms with E-state index in [1.54, 1.807) is 0 Å². The number of ether oxygens (including phenoxy) is 1. The van der Waals surface area contributed by atoms with Crippen molar-refractivity contribution >= 4 is 5.97 Å². The van der Waals surface area contributed by atoms with Crippen LogP contribution in [0.4, 0.5) is 0 Å². The first-order chi connectivity index (χ1) is 15.5. The molecule has 5 nitrogen and oxygen atoms in total. The highest BCUT2D eigenvalue weighted by atomic mass is 16.6. The van der Waals surface area contributed by atoms with E-state index < -0.39 is 11.6 Å². The van der Waals surface area contributed by atoms with Gasteiger partial charge in [0.25, 0.3) is 0 Å². The Morgan fingerprint density at radius 2 is 1.91 bits per heavy atom. The van der Waals surface area contributed by atoms with Crippen molar-refractivity contribution in [2.75, 3.05) is 26.7 Å². The molecule has 0 spiro atoms. The van der Waals surface area contributed by atoms with Crippen molar-refractivity contribution in [3.05, 3.63) is 66.0 Å². The molecule has 1 aliphatic heterocycles. The number of carbonyl (C=O) groups is 1. The topological polar surface area (TPSA) is 59.4 Å². The van der Waals surface area contributed by atoms with Crippen LogP contribution < -0.4 is 0 Å². The number of carbonyl (C=O) groups excluding carboxylic acids is 1. The Hall–Kier alpha value is -2.24. The standard InChI is InChI=1S/C27H37N2O3/c1-29(18-8-11-22-10-7-17-28-20-22)19-9-16-25(21-29)32-26(30)27(31,24-14-5-6-15-24)23-12-3-2-4-13-23/h2-4,7,10,12-13,17,20,24-25,31H,5-6,8-9,11,14-16,18-19,21H2,1H3/q+1/t25?,27?,29-/m1/s1. The third-order valence-electron chi connectivity index (χ3n) is 7.50. The lowest BCUT2D eigenvalue weighted by Gasteiger charge is -2.42. The lowest BCUT2D eigenvalue weighted by atomic mass is 9.80. The molecule has 1 aromatic carbocycles. The predicted molar refractivity (Wildman–Crippen MR) is 125 cm³/mol. The second-order valence-corrected chi connectivity index (χ2v) is 10.00. The highest BCUT2D eigenvalue weighted by molar-refractivity contribution is 5.81. The molecular weight excluding hydrogens is 400 g/mol. The van der Waals surface area contributed by atoms with Gasteiger partial charge in [-0.05, 0) is 42.9 Å². The number of aryl methyl sites for hydroxylation is 1. The number of aliphatic hydroxyl groups is 1. The zero-order valence-electron chi connectivity index (χ0n) is 19.3. The summed E-state index contributed by atoms with van der Waals surface area (Å²) in [6.07, 6.45) is 11.5. The fourth-order valence-corrected chi connectivity index (χ4v) is 5.68. The lowest BCUT2D eigenvalue weighted by Crippen LogP contribution is -2.55. The van der Waals surface area contributed by atoms with Crippen molar-refractivity contribution in [2.24, 2.45) is 5.92 Å². The quantitative estimate of drug-likeness (QED) is 0.496. The number of benzene rings is 1. The minimum atomic E-state index is -1.54. The molecule has 2 aliphatic rings. The van der Waals surface area contributed by atoms with Crippen LogP contribution in [0.15, 0.2) is 54.9 Å². The van der Waals surface area contributed by atoms with Gasteiger partial charge in [-0.15, -0.1) is 0 Å². The molecule has 2 fully saturated rings. The minimum absolute atomic E-state index is 0.0682. The maximum absolute atomic E-state index is 13.4. The molecule has 3 atom stereocenters. The molecular formula is C27H37N2O3+. The van der Waals surface area contributed by atoms with Crippen LogP contribution in [0.2, 0.25) is 0 Å². The summed E-state index contributed by atoms with van der Waals surface area (Å²) in [4.78, 5) is 17.7. The Bertz CT molecular complexity index is 869. The summed E-state index contributed by atoms with van der Waals surface area (Å²) < 4.78 is 6.98. The molecule has 4 rings (SSSR count). The number of hydrogen-bond acceptors (Lipinski definition) is 4. The van der Waals surface area contributed by atoms with Crippen LogP contribution in [0, 0.1) is 5.92 Å². The average Bonchev–Trinajstić information content (AvgIpc) is 3.35. The van der Waals surface area contributed by atoms with Crippen molar-refractivity contribution in [3.8, 4) is 0 Å². The second-order valence-electron chi connectivity index (χ2n) is 10.00. The summed E-state index contributed by atoms with van der Waals surface area (Å²) >= 11 is 0. The Labute approximate surface area is 192 Å². The molecule has 1 saturated heterocycles. The fraction of sp³-hybridized carbons (Fsp3) is 0.556. The van der Waals surface area contributed by atoms with E-state index in [1.807, 2.05) is 48.8 Å². The number of hydrogen-bond donors (Lipinski definition) is 1. The van der Waals surface area contributed by atoms with Crippen LogP contribution >= 0.6 is 0 Å². The maximum atomic E-state index is 13.4. The maximum Gasteiger partial charge on any atom is 0.343 e. The Morgan fingerprint density at radius 3 is 2.62 bits per heavy atom. The molecule has 2 unspecified atom stereocenters. The van der Waals surface area contributed by atoms with E-state index in [9.17, 15) is 9.90 Å². The molecule has 5 heteroatoms. The highest BCUT2D eigenvalue weighted by Gasteiger charge is 2.49. The van der Waals surface area contributed by atoms with Crippen molar-refractivity contribution in [3.63, 3.8) is 0 Å². The smallest absolute Gasteiger partial charge is 0.343 e. The van der Waals surface area contributed by atoms with Gasteiger partial charge in [-0.1, -0.05) is 49.2 Å². The minimum Gasteiger partial charge on any atom is -0.454 e. The number of quaternary nitrogens is 1. The zero-order valence-corrected chi connectivity index (χ0v) is 19.3. The Balaban J connectivity index is 1.40. The first-order valence-electron chi connectivity index (χ1n) is 12.2. The Kier molecular flexibility index (Phi) is 7.27. The number of likely N-dealkylation sites (tertiary alicyclic amines) is 1. The highest BCUT2D eigenvalue weighted by Crippen LogP contribution is 2.42. The third kappa shape index (κ3) is 5.21. The number of pyridine rings is 1. The number of piperidine rings is 1. The van der Waals surface area contributed by atoms with Gasteiger partial charge in [0.05, 0.1) is 20.1 Å². The molecule has 1 aromatic heterocycles. The van der Waals surface area contributed by atoms with Crippen LogP contribution in [-0.2, 0) is 21.6 Å². The second kappa shape index (κ2) is 10.1. The Morgan fingerprint density at radius 1 is 1.12 bits per heavy atom. The zero-order chi connectivity index (χ0) is 22.4. The molecule has 2 aromatic rings. The van der Waals surface area contributed by atoms with Crippen LogP contribution in [0.5, 0.6) is 0 Å². The fourth-order valence-electron chi connectivity index (χ4n) is 5.68. The SMILES string of the molecule is C[N@@+]1(CCCc2cccnc2)CCCC(OC(=O)C(O)(c2ccccc2)C2CCCC2)C1. The first-order valence-corrected chi connectivity index (χ1v) is 12.2. The van der Waals surface area contributed by atoms with E-state index in [4.69, 9.17) is 4.74 Å². The van der Waals surface area contributed by atoms with E-state index in [-0.39, 0.29) is 12.0 Å². The molecule has 0 radical (unpaired) electrons. The van der Waals surface area contributed by atoms with Gasteiger partial charge < -0.3 is 14.3 Å².